The Morgan fingerprint density at radius 3 is 3.00 bits per heavy atom. The van der Waals surface area contributed by atoms with Crippen LogP contribution in [0.15, 0.2) is 27.9 Å². The van der Waals surface area contributed by atoms with Gasteiger partial charge in [0.15, 0.2) is 5.52 Å². The highest BCUT2D eigenvalue weighted by atomic mass is 79.9. The van der Waals surface area contributed by atoms with Crippen LogP contribution in [0, 0.1) is 0 Å². The van der Waals surface area contributed by atoms with E-state index in [0.717, 1.165) is 4.57 Å². The third kappa shape index (κ3) is 2.33. The van der Waals surface area contributed by atoms with E-state index in [4.69, 9.17) is 0 Å². The summed E-state index contributed by atoms with van der Waals surface area (Å²) in [4.78, 5) is 31.1. The highest BCUT2D eigenvalue weighted by Crippen LogP contribution is 2.09. The summed E-state index contributed by atoms with van der Waals surface area (Å²) in [6.45, 7) is -0.174. The van der Waals surface area contributed by atoms with Crippen LogP contribution >= 0.6 is 15.9 Å². The topological polar surface area (TPSA) is 74.1 Å². The van der Waals surface area contributed by atoms with Gasteiger partial charge in [0.2, 0.25) is 0 Å². The predicted octanol–water partition coefficient (Wildman–Crippen LogP) is 0.727. The first-order valence-electron chi connectivity index (χ1n) is 4.70. The number of pyridine rings is 1. The normalized spacial score (nSPS) is 10.5. The molecule has 0 aliphatic rings. The summed E-state index contributed by atoms with van der Waals surface area (Å²) in [5, 5.41) is 0. The van der Waals surface area contributed by atoms with Crippen molar-refractivity contribution in [2.75, 3.05) is 7.11 Å². The quantitative estimate of drug-likeness (QED) is 0.603. The fourth-order valence-corrected chi connectivity index (χ4v) is 1.64. The van der Waals surface area contributed by atoms with Crippen molar-refractivity contribution in [2.24, 2.45) is 0 Å². The van der Waals surface area contributed by atoms with Crippen molar-refractivity contribution in [1.29, 1.82) is 0 Å². The summed E-state index contributed by atoms with van der Waals surface area (Å²) in [7, 11) is 1.26. The second-order valence-corrected chi connectivity index (χ2v) is 4.07. The molecule has 7 heteroatoms. The van der Waals surface area contributed by atoms with Gasteiger partial charge in [-0.05, 0) is 28.1 Å². The minimum absolute atomic E-state index is 0.174. The maximum atomic E-state index is 12.0. The average molecular weight is 298 g/mol. The van der Waals surface area contributed by atoms with Crippen molar-refractivity contribution in [3.8, 4) is 0 Å². The molecule has 0 atom stereocenters. The monoisotopic (exact) mass is 297 g/mol. The Bertz CT molecular complexity index is 638. The Labute approximate surface area is 104 Å². The van der Waals surface area contributed by atoms with Crippen molar-refractivity contribution in [3.05, 3.63) is 33.4 Å². The van der Waals surface area contributed by atoms with E-state index >= 15 is 0 Å². The van der Waals surface area contributed by atoms with Gasteiger partial charge >= 0.3 is 5.97 Å². The first kappa shape index (κ1) is 11.7. The molecule has 0 aromatic carbocycles. The number of carbonyl (C=O) groups is 1. The molecule has 0 spiro atoms. The van der Waals surface area contributed by atoms with E-state index in [1.807, 2.05) is 0 Å². The summed E-state index contributed by atoms with van der Waals surface area (Å²) in [5.41, 5.74) is 0.326. The van der Waals surface area contributed by atoms with Crippen LogP contribution in [0.2, 0.25) is 0 Å². The van der Waals surface area contributed by atoms with Crippen molar-refractivity contribution < 1.29 is 9.53 Å². The van der Waals surface area contributed by atoms with E-state index in [-0.39, 0.29) is 17.6 Å². The molecule has 6 nitrogen and oxygen atoms in total. The summed E-state index contributed by atoms with van der Waals surface area (Å²) >= 11 is 3.18. The van der Waals surface area contributed by atoms with Crippen molar-refractivity contribution >= 4 is 32.9 Å². The maximum Gasteiger partial charge on any atom is 0.325 e. The molecule has 2 rings (SSSR count). The van der Waals surface area contributed by atoms with Crippen LogP contribution in [0.3, 0.4) is 0 Å². The highest BCUT2D eigenvalue weighted by molar-refractivity contribution is 9.10. The lowest BCUT2D eigenvalue weighted by Crippen LogP contribution is -2.25. The van der Waals surface area contributed by atoms with Gasteiger partial charge in [-0.3, -0.25) is 14.2 Å². The van der Waals surface area contributed by atoms with E-state index in [1.54, 1.807) is 12.1 Å². The zero-order valence-electron chi connectivity index (χ0n) is 8.88. The summed E-state index contributed by atoms with van der Waals surface area (Å²) in [6, 6.07) is 3.37. The van der Waals surface area contributed by atoms with Gasteiger partial charge in [-0.15, -0.1) is 0 Å². The molecule has 0 N–H and O–H groups in total. The minimum Gasteiger partial charge on any atom is -0.468 e. The van der Waals surface area contributed by atoms with E-state index < -0.39 is 5.97 Å². The van der Waals surface area contributed by atoms with Gasteiger partial charge in [0.1, 0.15) is 11.1 Å². The predicted molar refractivity (Wildman–Crippen MR) is 63.5 cm³/mol. The molecular formula is C10H8BrN3O3. The number of methoxy groups -OCH3 is 1. The molecule has 0 saturated heterocycles. The Kier molecular flexibility index (Phi) is 3.19. The molecule has 0 fully saturated rings. The zero-order chi connectivity index (χ0) is 12.4. The number of hydrogen-bond donors (Lipinski definition) is 0. The average Bonchev–Trinajstić information content (AvgIpc) is 2.33. The fourth-order valence-electron chi connectivity index (χ4n) is 1.33. The molecule has 2 aromatic heterocycles. The Balaban J connectivity index is 2.57. The lowest BCUT2D eigenvalue weighted by atomic mass is 10.3. The van der Waals surface area contributed by atoms with Crippen LogP contribution in [0.4, 0.5) is 0 Å². The SMILES string of the molecule is COC(=O)Cn1cnc2ccc(Br)nc2c1=O. The molecule has 0 bridgehead atoms. The number of esters is 1. The number of carbonyl (C=O) groups excluding carboxylic acids is 1. The van der Waals surface area contributed by atoms with Crippen LogP contribution < -0.4 is 5.56 Å². The number of aromatic nitrogens is 3. The van der Waals surface area contributed by atoms with Gasteiger partial charge in [0.25, 0.3) is 5.56 Å². The maximum absolute atomic E-state index is 12.0. The molecule has 0 unspecified atom stereocenters. The van der Waals surface area contributed by atoms with Gasteiger partial charge in [0.05, 0.1) is 19.0 Å². The van der Waals surface area contributed by atoms with Crippen LogP contribution in [-0.2, 0) is 16.1 Å². The third-order valence-corrected chi connectivity index (χ3v) is 2.61. The second-order valence-electron chi connectivity index (χ2n) is 3.26. The smallest absolute Gasteiger partial charge is 0.325 e. The first-order valence-corrected chi connectivity index (χ1v) is 5.49. The third-order valence-electron chi connectivity index (χ3n) is 2.17. The van der Waals surface area contributed by atoms with Gasteiger partial charge in [-0.25, -0.2) is 9.97 Å². The number of nitrogens with zero attached hydrogens (tertiary/aromatic N) is 3. The van der Waals surface area contributed by atoms with Gasteiger partial charge in [-0.2, -0.15) is 0 Å². The van der Waals surface area contributed by atoms with E-state index in [9.17, 15) is 9.59 Å². The number of ether oxygens (including phenoxy) is 1. The Morgan fingerprint density at radius 1 is 1.53 bits per heavy atom. The summed E-state index contributed by atoms with van der Waals surface area (Å²) in [6.07, 6.45) is 1.30. The number of halogens is 1. The molecule has 17 heavy (non-hydrogen) atoms. The van der Waals surface area contributed by atoms with Crippen molar-refractivity contribution in [1.82, 2.24) is 14.5 Å². The number of fused-ring (bicyclic) bond motifs is 1. The van der Waals surface area contributed by atoms with Gasteiger partial charge in [0, 0.05) is 0 Å². The van der Waals surface area contributed by atoms with Crippen LogP contribution in [-0.4, -0.2) is 27.6 Å². The van der Waals surface area contributed by atoms with Gasteiger partial charge < -0.3 is 4.74 Å². The van der Waals surface area contributed by atoms with Gasteiger partial charge in [-0.1, -0.05) is 0 Å². The standard InChI is InChI=1S/C10H8BrN3O3/c1-17-8(15)4-14-5-12-6-2-3-7(11)13-9(6)10(14)16/h2-3,5H,4H2,1H3. The molecule has 0 aliphatic carbocycles. The lowest BCUT2D eigenvalue weighted by Gasteiger charge is -2.04. The van der Waals surface area contributed by atoms with Crippen LogP contribution in [0.1, 0.15) is 0 Å². The summed E-state index contributed by atoms with van der Waals surface area (Å²) in [5.74, 6) is -0.511. The fraction of sp³-hybridized carbons (Fsp3) is 0.200. The lowest BCUT2D eigenvalue weighted by molar-refractivity contribution is -0.141. The molecule has 2 heterocycles. The molecule has 2 aromatic rings. The Morgan fingerprint density at radius 2 is 2.29 bits per heavy atom. The molecule has 0 amide bonds. The first-order chi connectivity index (χ1) is 8.11. The largest absolute Gasteiger partial charge is 0.468 e. The molecule has 0 aliphatic heterocycles. The number of rotatable bonds is 2. The minimum atomic E-state index is -0.511. The van der Waals surface area contributed by atoms with Crippen molar-refractivity contribution in [2.45, 2.75) is 6.54 Å². The van der Waals surface area contributed by atoms with Crippen LogP contribution in [0.5, 0.6) is 0 Å². The van der Waals surface area contributed by atoms with Crippen LogP contribution in [0.25, 0.3) is 11.0 Å². The van der Waals surface area contributed by atoms with E-state index in [2.05, 4.69) is 30.6 Å². The highest BCUT2D eigenvalue weighted by Gasteiger charge is 2.09. The number of hydrogen-bond acceptors (Lipinski definition) is 5. The molecule has 0 saturated carbocycles. The summed E-state index contributed by atoms with van der Waals surface area (Å²) < 4.78 is 6.19. The zero-order valence-corrected chi connectivity index (χ0v) is 10.5. The molecule has 0 radical (unpaired) electrons. The van der Waals surface area contributed by atoms with E-state index in [1.165, 1.54) is 13.4 Å². The molecule has 88 valence electrons. The van der Waals surface area contributed by atoms with Crippen molar-refractivity contribution in [3.63, 3.8) is 0 Å². The Hall–Kier alpha value is -1.76. The second kappa shape index (κ2) is 4.62. The molecular weight excluding hydrogens is 290 g/mol. The van der Waals surface area contributed by atoms with E-state index in [0.29, 0.717) is 10.1 Å².